The van der Waals surface area contributed by atoms with Crippen LogP contribution in [0.5, 0.6) is 11.5 Å². The summed E-state index contributed by atoms with van der Waals surface area (Å²) in [5, 5.41) is 6.60. The third-order valence-corrected chi connectivity index (χ3v) is 6.47. The smallest absolute Gasteiger partial charge is 0.232 e. The van der Waals surface area contributed by atoms with Crippen LogP contribution in [0.15, 0.2) is 18.2 Å². The number of rotatable bonds is 9. The number of carbonyl (C=O) groups is 1. The second kappa shape index (κ2) is 12.6. The van der Waals surface area contributed by atoms with E-state index in [1.165, 1.54) is 6.42 Å². The second-order valence-corrected chi connectivity index (χ2v) is 7.92. The molecule has 1 saturated carbocycles. The maximum absolute atomic E-state index is 13.2. The zero-order valence-corrected chi connectivity index (χ0v) is 20.0. The Morgan fingerprint density at radius 2 is 2.00 bits per heavy atom. The van der Waals surface area contributed by atoms with Crippen LogP contribution in [-0.2, 0) is 4.79 Å². The number of carbonyl (C=O) groups excluding carboxylic acids is 1. The summed E-state index contributed by atoms with van der Waals surface area (Å²) in [5.41, 5.74) is 0.510. The molecule has 8 heteroatoms. The van der Waals surface area contributed by atoms with E-state index < -0.39 is 0 Å². The van der Waals surface area contributed by atoms with Gasteiger partial charge in [0.25, 0.3) is 0 Å². The monoisotopic (exact) mass is 461 g/mol. The molecule has 0 radical (unpaired) electrons. The van der Waals surface area contributed by atoms with Crippen LogP contribution < -0.4 is 20.1 Å². The lowest BCUT2D eigenvalue weighted by Gasteiger charge is -2.37. The maximum atomic E-state index is 13.2. The first kappa shape index (κ1) is 26.8. The fourth-order valence-electron chi connectivity index (χ4n) is 4.64. The largest absolute Gasteiger partial charge is 0.493 e. The summed E-state index contributed by atoms with van der Waals surface area (Å²) >= 11 is 0. The van der Waals surface area contributed by atoms with Gasteiger partial charge in [-0.1, -0.05) is 26.7 Å². The minimum atomic E-state index is -0.262. The molecule has 0 aromatic heterocycles. The lowest BCUT2D eigenvalue weighted by Crippen LogP contribution is -2.44. The average Bonchev–Trinajstić information content (AvgIpc) is 3.17. The number of halogens is 2. The van der Waals surface area contributed by atoms with Gasteiger partial charge >= 0.3 is 0 Å². The highest BCUT2D eigenvalue weighted by Crippen LogP contribution is 2.44. The molecule has 1 aliphatic carbocycles. The molecule has 2 atom stereocenters. The van der Waals surface area contributed by atoms with E-state index in [9.17, 15) is 4.79 Å². The van der Waals surface area contributed by atoms with E-state index in [4.69, 9.17) is 9.47 Å². The van der Waals surface area contributed by atoms with Crippen molar-refractivity contribution in [1.82, 2.24) is 10.2 Å². The van der Waals surface area contributed by atoms with Gasteiger partial charge in [0, 0.05) is 24.8 Å². The molecule has 1 amide bonds. The topological polar surface area (TPSA) is 62.8 Å². The van der Waals surface area contributed by atoms with Crippen LogP contribution in [0, 0.1) is 11.3 Å². The molecule has 3 rings (SSSR count). The molecule has 2 N–H and O–H groups in total. The molecule has 0 unspecified atom stereocenters. The number of likely N-dealkylation sites (N-methyl/N-ethyl adjacent to an activating group) is 1. The van der Waals surface area contributed by atoms with Crippen LogP contribution in [0.2, 0.25) is 0 Å². The number of nitrogens with one attached hydrogen (secondary N) is 2. The van der Waals surface area contributed by atoms with Gasteiger partial charge in [0.15, 0.2) is 11.5 Å². The first-order valence-corrected chi connectivity index (χ1v) is 10.7. The van der Waals surface area contributed by atoms with Gasteiger partial charge in [0.05, 0.1) is 12.5 Å². The highest BCUT2D eigenvalue weighted by molar-refractivity contribution is 5.96. The van der Waals surface area contributed by atoms with Crippen molar-refractivity contribution in [2.24, 2.45) is 11.3 Å². The number of benzene rings is 1. The van der Waals surface area contributed by atoms with Crippen LogP contribution in [0.4, 0.5) is 5.69 Å². The predicted molar refractivity (Wildman–Crippen MR) is 127 cm³/mol. The molecule has 6 nitrogen and oxygen atoms in total. The van der Waals surface area contributed by atoms with E-state index in [-0.39, 0.29) is 36.1 Å². The van der Waals surface area contributed by atoms with E-state index in [0.29, 0.717) is 24.0 Å². The van der Waals surface area contributed by atoms with Gasteiger partial charge in [-0.3, -0.25) is 4.79 Å². The summed E-state index contributed by atoms with van der Waals surface area (Å²) < 4.78 is 11.4. The van der Waals surface area contributed by atoms with E-state index in [0.717, 1.165) is 57.7 Å². The van der Waals surface area contributed by atoms with Crippen molar-refractivity contribution in [2.75, 3.05) is 51.8 Å². The average molecular weight is 462 g/mol. The number of hydrogen-bond acceptors (Lipinski definition) is 5. The molecular formula is C22H37Cl2N3O3. The predicted octanol–water partition coefficient (Wildman–Crippen LogP) is 3.98. The fraction of sp³-hybridized carbons (Fsp3) is 0.682. The van der Waals surface area contributed by atoms with Gasteiger partial charge in [-0.15, -0.1) is 24.8 Å². The summed E-state index contributed by atoms with van der Waals surface area (Å²) in [4.78, 5) is 15.5. The number of amides is 1. The molecule has 1 aromatic rings. The Morgan fingerprint density at radius 3 is 2.70 bits per heavy atom. The van der Waals surface area contributed by atoms with Crippen molar-refractivity contribution >= 4 is 36.4 Å². The molecule has 0 bridgehead atoms. The van der Waals surface area contributed by atoms with Crippen molar-refractivity contribution in [3.8, 4) is 11.5 Å². The normalized spacial score (nSPS) is 22.5. The lowest BCUT2D eigenvalue weighted by molar-refractivity contribution is -0.128. The molecule has 2 fully saturated rings. The van der Waals surface area contributed by atoms with E-state index in [1.807, 2.05) is 18.2 Å². The van der Waals surface area contributed by atoms with E-state index >= 15 is 0 Å². The van der Waals surface area contributed by atoms with Gasteiger partial charge in [0.1, 0.15) is 6.61 Å². The fourth-order valence-corrected chi connectivity index (χ4v) is 4.64. The summed E-state index contributed by atoms with van der Waals surface area (Å²) in [6.07, 6.45) is 4.48. The van der Waals surface area contributed by atoms with Gasteiger partial charge < -0.3 is 25.0 Å². The Hall–Kier alpha value is -1.21. The molecule has 30 heavy (non-hydrogen) atoms. The minimum Gasteiger partial charge on any atom is -0.493 e. The molecule has 1 saturated heterocycles. The molecule has 1 aromatic carbocycles. The lowest BCUT2D eigenvalue weighted by atomic mass is 9.67. The van der Waals surface area contributed by atoms with E-state index in [1.54, 1.807) is 7.11 Å². The Labute approximate surface area is 193 Å². The van der Waals surface area contributed by atoms with E-state index in [2.05, 4.69) is 29.4 Å². The molecule has 2 aliphatic rings. The summed E-state index contributed by atoms with van der Waals surface area (Å²) in [7, 11) is 1.64. The van der Waals surface area contributed by atoms with Gasteiger partial charge in [-0.2, -0.15) is 0 Å². The molecule has 1 aliphatic heterocycles. The molecule has 0 spiro atoms. The number of ether oxygens (including phenoxy) is 2. The Kier molecular flexibility index (Phi) is 11.3. The zero-order valence-electron chi connectivity index (χ0n) is 18.4. The quantitative estimate of drug-likeness (QED) is 0.582. The Balaban J connectivity index is 0.00000225. The summed E-state index contributed by atoms with van der Waals surface area (Å²) in [5.74, 6) is 1.95. The number of hydrogen-bond donors (Lipinski definition) is 2. The van der Waals surface area contributed by atoms with Gasteiger partial charge in [-0.05, 0) is 50.5 Å². The Bertz CT molecular complexity index is 673. The zero-order chi connectivity index (χ0) is 20.0. The van der Waals surface area contributed by atoms with Gasteiger partial charge in [0.2, 0.25) is 5.91 Å². The third kappa shape index (κ3) is 5.94. The van der Waals surface area contributed by atoms with Crippen molar-refractivity contribution in [2.45, 2.75) is 39.5 Å². The van der Waals surface area contributed by atoms with Crippen molar-refractivity contribution in [3.05, 3.63) is 18.2 Å². The highest BCUT2D eigenvalue weighted by atomic mass is 35.5. The SMILES string of the molecule is CCN(CC)CCOc1cc(NC(=O)[C@@]23CCCC[C@H]2CNC3)ccc1OC.Cl.Cl. The van der Waals surface area contributed by atoms with Gasteiger partial charge in [-0.25, -0.2) is 0 Å². The number of fused-ring (bicyclic) bond motifs is 1. The minimum absolute atomic E-state index is 0. The molecule has 172 valence electrons. The summed E-state index contributed by atoms with van der Waals surface area (Å²) in [6, 6.07) is 5.64. The summed E-state index contributed by atoms with van der Waals surface area (Å²) in [6.45, 7) is 9.50. The van der Waals surface area contributed by atoms with Crippen LogP contribution >= 0.6 is 24.8 Å². The highest BCUT2D eigenvalue weighted by Gasteiger charge is 2.49. The van der Waals surface area contributed by atoms with Crippen molar-refractivity contribution in [3.63, 3.8) is 0 Å². The van der Waals surface area contributed by atoms with Crippen LogP contribution in [0.1, 0.15) is 39.5 Å². The number of nitrogens with zero attached hydrogens (tertiary/aromatic N) is 1. The van der Waals surface area contributed by atoms with Crippen LogP contribution in [0.25, 0.3) is 0 Å². The first-order chi connectivity index (χ1) is 13.6. The third-order valence-electron chi connectivity index (χ3n) is 6.47. The number of methoxy groups -OCH3 is 1. The van der Waals surface area contributed by atoms with Crippen molar-refractivity contribution < 1.29 is 14.3 Å². The first-order valence-electron chi connectivity index (χ1n) is 10.7. The van der Waals surface area contributed by atoms with Crippen LogP contribution in [0.3, 0.4) is 0 Å². The van der Waals surface area contributed by atoms with Crippen molar-refractivity contribution in [1.29, 1.82) is 0 Å². The molecular weight excluding hydrogens is 425 g/mol. The van der Waals surface area contributed by atoms with Crippen LogP contribution in [-0.4, -0.2) is 57.2 Å². The second-order valence-electron chi connectivity index (χ2n) is 7.92. The Morgan fingerprint density at radius 1 is 1.23 bits per heavy atom. The maximum Gasteiger partial charge on any atom is 0.232 e. The number of anilines is 1. The standard InChI is InChI=1S/C22H35N3O3.2ClH/c1-4-25(5-2)12-13-28-20-14-18(9-10-19(20)27-3)24-21(26)22-11-7-6-8-17(22)15-23-16-22;;/h9-10,14,17,23H,4-8,11-13,15-16H2,1-3H3,(H,24,26);2*1H/t17-,22+;;/m0../s1. The molecule has 1 heterocycles.